The number of rotatable bonds is 4. The van der Waals surface area contributed by atoms with Gasteiger partial charge in [0.05, 0.1) is 12.3 Å². The molecule has 1 aliphatic rings. The molecular formula is C17H21N5O2. The maximum atomic E-state index is 11.5. The van der Waals surface area contributed by atoms with E-state index in [1.54, 1.807) is 24.4 Å². The number of primary amides is 1. The van der Waals surface area contributed by atoms with Gasteiger partial charge in [0.1, 0.15) is 6.10 Å². The highest BCUT2D eigenvalue weighted by molar-refractivity contribution is 5.94. The molecule has 0 radical (unpaired) electrons. The third kappa shape index (κ3) is 3.37. The molecule has 7 nitrogen and oxygen atoms in total. The second kappa shape index (κ2) is 6.94. The minimum absolute atomic E-state index is 0.160. The van der Waals surface area contributed by atoms with E-state index < -0.39 is 5.91 Å². The van der Waals surface area contributed by atoms with Crippen molar-refractivity contribution in [2.24, 2.45) is 5.73 Å². The number of nitrogens with zero attached hydrogens (tertiary/aromatic N) is 3. The van der Waals surface area contributed by atoms with Gasteiger partial charge in [0.25, 0.3) is 0 Å². The van der Waals surface area contributed by atoms with E-state index in [-0.39, 0.29) is 6.10 Å². The summed E-state index contributed by atoms with van der Waals surface area (Å²) in [7, 11) is 3.79. The van der Waals surface area contributed by atoms with Crippen LogP contribution in [0.25, 0.3) is 11.1 Å². The molecule has 3 rings (SSSR count). The first kappa shape index (κ1) is 16.4. The standard InChI is InChI=1S/C17H21N5O2/c1-22(2)17-20-9-13(11-4-3-5-12(8-11)16(18)23)15(21-17)14-10-19-6-7-24-14/h3-5,8-9,14,19H,6-7,10H2,1-2H3,(H2,18,23)/t14-/m0/s1. The number of ether oxygens (including phenoxy) is 1. The second-order valence-corrected chi connectivity index (χ2v) is 5.87. The van der Waals surface area contributed by atoms with Crippen LogP contribution in [0.2, 0.25) is 0 Å². The average molecular weight is 327 g/mol. The number of hydrogen-bond donors (Lipinski definition) is 2. The van der Waals surface area contributed by atoms with Gasteiger partial charge >= 0.3 is 0 Å². The lowest BCUT2D eigenvalue weighted by atomic mass is 10.00. The molecule has 1 aliphatic heterocycles. The number of nitrogens with one attached hydrogen (secondary N) is 1. The Balaban J connectivity index is 2.08. The molecule has 126 valence electrons. The van der Waals surface area contributed by atoms with Crippen molar-refractivity contribution in [2.45, 2.75) is 6.10 Å². The molecule has 1 aromatic carbocycles. The normalized spacial score (nSPS) is 17.5. The van der Waals surface area contributed by atoms with Crippen LogP contribution in [0, 0.1) is 0 Å². The Morgan fingerprint density at radius 2 is 2.25 bits per heavy atom. The average Bonchev–Trinajstić information content (AvgIpc) is 2.62. The van der Waals surface area contributed by atoms with Crippen molar-refractivity contribution in [3.8, 4) is 11.1 Å². The van der Waals surface area contributed by atoms with Crippen LogP contribution in [0.1, 0.15) is 22.2 Å². The molecule has 3 N–H and O–H groups in total. The Hall–Kier alpha value is -2.51. The van der Waals surface area contributed by atoms with Crippen molar-refractivity contribution >= 4 is 11.9 Å². The predicted octanol–water partition coefficient (Wildman–Crippen LogP) is 0.969. The maximum absolute atomic E-state index is 11.5. The molecule has 0 saturated carbocycles. The van der Waals surface area contributed by atoms with Crippen LogP contribution in [0.15, 0.2) is 30.5 Å². The monoisotopic (exact) mass is 327 g/mol. The molecular weight excluding hydrogens is 306 g/mol. The molecule has 0 spiro atoms. The summed E-state index contributed by atoms with van der Waals surface area (Å²) in [6.07, 6.45) is 1.61. The van der Waals surface area contributed by atoms with E-state index in [0.29, 0.717) is 24.7 Å². The van der Waals surface area contributed by atoms with Gasteiger partial charge in [-0.1, -0.05) is 12.1 Å². The zero-order chi connectivity index (χ0) is 17.1. The fourth-order valence-corrected chi connectivity index (χ4v) is 2.65. The van der Waals surface area contributed by atoms with Gasteiger partial charge in [0, 0.05) is 44.5 Å². The third-order valence-corrected chi connectivity index (χ3v) is 3.90. The summed E-state index contributed by atoms with van der Waals surface area (Å²) >= 11 is 0. The van der Waals surface area contributed by atoms with E-state index >= 15 is 0 Å². The van der Waals surface area contributed by atoms with E-state index in [9.17, 15) is 4.79 Å². The van der Waals surface area contributed by atoms with Crippen molar-refractivity contribution in [3.05, 3.63) is 41.7 Å². The zero-order valence-corrected chi connectivity index (χ0v) is 13.8. The number of nitrogens with two attached hydrogens (primary N) is 1. The Morgan fingerprint density at radius 3 is 2.92 bits per heavy atom. The minimum atomic E-state index is -0.459. The van der Waals surface area contributed by atoms with Crippen LogP contribution in [-0.4, -0.2) is 49.7 Å². The highest BCUT2D eigenvalue weighted by Gasteiger charge is 2.23. The summed E-state index contributed by atoms with van der Waals surface area (Å²) in [6.45, 7) is 2.15. The van der Waals surface area contributed by atoms with Gasteiger partial charge in [0.2, 0.25) is 11.9 Å². The molecule has 1 fully saturated rings. The van der Waals surface area contributed by atoms with Crippen molar-refractivity contribution < 1.29 is 9.53 Å². The van der Waals surface area contributed by atoms with E-state index in [1.807, 2.05) is 25.1 Å². The van der Waals surface area contributed by atoms with Gasteiger partial charge in [-0.15, -0.1) is 0 Å². The number of anilines is 1. The first-order chi connectivity index (χ1) is 11.6. The molecule has 24 heavy (non-hydrogen) atoms. The number of benzene rings is 1. The van der Waals surface area contributed by atoms with Crippen LogP contribution >= 0.6 is 0 Å². The highest BCUT2D eigenvalue weighted by atomic mass is 16.5. The predicted molar refractivity (Wildman–Crippen MR) is 91.9 cm³/mol. The highest BCUT2D eigenvalue weighted by Crippen LogP contribution is 2.30. The molecule has 1 saturated heterocycles. The van der Waals surface area contributed by atoms with E-state index in [2.05, 4.69) is 15.3 Å². The summed E-state index contributed by atoms with van der Waals surface area (Å²) in [6, 6.07) is 7.18. The van der Waals surface area contributed by atoms with Gasteiger partial charge in [-0.3, -0.25) is 4.79 Å². The summed E-state index contributed by atoms with van der Waals surface area (Å²) in [5, 5.41) is 3.32. The number of carbonyl (C=O) groups excluding carboxylic acids is 1. The molecule has 2 heterocycles. The fraction of sp³-hybridized carbons (Fsp3) is 0.353. The smallest absolute Gasteiger partial charge is 0.248 e. The first-order valence-corrected chi connectivity index (χ1v) is 7.83. The fourth-order valence-electron chi connectivity index (χ4n) is 2.65. The Bertz CT molecular complexity index is 742. The summed E-state index contributed by atoms with van der Waals surface area (Å²) in [5.74, 6) is 0.161. The molecule has 1 atom stereocenters. The molecule has 1 aromatic heterocycles. The Labute approximate surface area is 140 Å². The molecule has 2 aromatic rings. The molecule has 0 bridgehead atoms. The number of carbonyl (C=O) groups is 1. The van der Waals surface area contributed by atoms with Crippen molar-refractivity contribution in [1.82, 2.24) is 15.3 Å². The largest absolute Gasteiger partial charge is 0.369 e. The number of amides is 1. The van der Waals surface area contributed by atoms with Crippen LogP contribution in [-0.2, 0) is 4.74 Å². The summed E-state index contributed by atoms with van der Waals surface area (Å²) in [5.41, 5.74) is 8.35. The first-order valence-electron chi connectivity index (χ1n) is 7.83. The van der Waals surface area contributed by atoms with Gasteiger partial charge in [-0.05, 0) is 17.7 Å². The van der Waals surface area contributed by atoms with Gasteiger partial charge in [0.15, 0.2) is 0 Å². The van der Waals surface area contributed by atoms with Crippen LogP contribution in [0.3, 0.4) is 0 Å². The van der Waals surface area contributed by atoms with Crippen LogP contribution in [0.4, 0.5) is 5.95 Å². The topological polar surface area (TPSA) is 93.4 Å². The zero-order valence-electron chi connectivity index (χ0n) is 13.8. The third-order valence-electron chi connectivity index (χ3n) is 3.90. The van der Waals surface area contributed by atoms with Crippen molar-refractivity contribution in [1.29, 1.82) is 0 Å². The van der Waals surface area contributed by atoms with E-state index in [0.717, 1.165) is 23.4 Å². The Morgan fingerprint density at radius 1 is 1.42 bits per heavy atom. The molecule has 7 heteroatoms. The van der Waals surface area contributed by atoms with Crippen molar-refractivity contribution in [3.63, 3.8) is 0 Å². The van der Waals surface area contributed by atoms with Gasteiger partial charge < -0.3 is 20.7 Å². The van der Waals surface area contributed by atoms with Gasteiger partial charge in [-0.2, -0.15) is 0 Å². The van der Waals surface area contributed by atoms with Gasteiger partial charge in [-0.25, -0.2) is 9.97 Å². The van der Waals surface area contributed by atoms with E-state index in [1.165, 1.54) is 0 Å². The molecule has 0 unspecified atom stereocenters. The van der Waals surface area contributed by atoms with Crippen LogP contribution < -0.4 is 16.0 Å². The molecule has 0 aliphatic carbocycles. The number of morpholine rings is 1. The van der Waals surface area contributed by atoms with E-state index in [4.69, 9.17) is 10.5 Å². The number of aromatic nitrogens is 2. The SMILES string of the molecule is CN(C)c1ncc(-c2cccc(C(N)=O)c2)c([C@@H]2CNCCO2)n1. The maximum Gasteiger partial charge on any atom is 0.248 e. The molecule has 1 amide bonds. The second-order valence-electron chi connectivity index (χ2n) is 5.87. The summed E-state index contributed by atoms with van der Waals surface area (Å²) < 4.78 is 5.88. The Kier molecular flexibility index (Phi) is 4.73. The lowest BCUT2D eigenvalue weighted by molar-refractivity contribution is 0.0254. The quantitative estimate of drug-likeness (QED) is 0.869. The number of hydrogen-bond acceptors (Lipinski definition) is 6. The lowest BCUT2D eigenvalue weighted by Gasteiger charge is -2.26. The lowest BCUT2D eigenvalue weighted by Crippen LogP contribution is -2.34. The summed E-state index contributed by atoms with van der Waals surface area (Å²) in [4.78, 5) is 22.4. The minimum Gasteiger partial charge on any atom is -0.369 e. The van der Waals surface area contributed by atoms with Crippen LogP contribution in [0.5, 0.6) is 0 Å². The van der Waals surface area contributed by atoms with Crippen molar-refractivity contribution in [2.75, 3.05) is 38.7 Å².